The highest BCUT2D eigenvalue weighted by Crippen LogP contribution is 2.38. The molecule has 158 valence electrons. The van der Waals surface area contributed by atoms with E-state index in [4.69, 9.17) is 18.6 Å². The first kappa shape index (κ1) is 21.1. The zero-order valence-electron chi connectivity index (χ0n) is 15.7. The Kier molecular flexibility index (Phi) is 6.10. The predicted octanol–water partition coefficient (Wildman–Crippen LogP) is -0.492. The summed E-state index contributed by atoms with van der Waals surface area (Å²) in [5.41, 5.74) is 0.0716. The van der Waals surface area contributed by atoms with Crippen LogP contribution < -0.4 is 15.1 Å². The van der Waals surface area contributed by atoms with E-state index in [1.165, 1.54) is 25.3 Å². The van der Waals surface area contributed by atoms with Crippen LogP contribution >= 0.6 is 0 Å². The molecule has 2 heterocycles. The van der Waals surface area contributed by atoms with E-state index in [-0.39, 0.29) is 28.6 Å². The summed E-state index contributed by atoms with van der Waals surface area (Å²) in [5.74, 6) is 0.119. The number of aromatic hydroxyl groups is 1. The first-order valence-electron chi connectivity index (χ1n) is 8.75. The van der Waals surface area contributed by atoms with Crippen LogP contribution in [0.4, 0.5) is 0 Å². The number of phenolic OH excluding ortho intramolecular Hbond substituents is 1. The third kappa shape index (κ3) is 4.21. The van der Waals surface area contributed by atoms with Gasteiger partial charge in [-0.3, -0.25) is 0 Å². The molecule has 0 saturated carbocycles. The van der Waals surface area contributed by atoms with E-state index in [1.54, 1.807) is 6.92 Å². The van der Waals surface area contributed by atoms with Gasteiger partial charge >= 0.3 is 5.63 Å². The minimum absolute atomic E-state index is 0.0248. The van der Waals surface area contributed by atoms with E-state index in [0.717, 1.165) is 6.07 Å². The molecule has 1 fully saturated rings. The molecule has 1 aromatic heterocycles. The topological polar surface area (TPSA) is 159 Å². The van der Waals surface area contributed by atoms with Crippen LogP contribution in [0.2, 0.25) is 0 Å². The molecule has 1 aliphatic rings. The molecular weight excluding hydrogens is 388 g/mol. The van der Waals surface area contributed by atoms with Crippen molar-refractivity contribution in [1.82, 2.24) is 0 Å². The molecule has 0 unspecified atom stereocenters. The van der Waals surface area contributed by atoms with E-state index in [0.29, 0.717) is 5.56 Å². The molecule has 1 aliphatic heterocycles. The van der Waals surface area contributed by atoms with Gasteiger partial charge in [-0.25, -0.2) is 4.79 Å². The number of methoxy groups -OCH3 is 1. The van der Waals surface area contributed by atoms with Gasteiger partial charge in [0.15, 0.2) is 0 Å². The highest BCUT2D eigenvalue weighted by atomic mass is 16.7. The largest absolute Gasteiger partial charge is 0.508 e. The van der Waals surface area contributed by atoms with Crippen LogP contribution in [0.15, 0.2) is 33.5 Å². The number of aliphatic hydroxyl groups is 4. The number of hydrogen-bond donors (Lipinski definition) is 5. The molecule has 10 heteroatoms. The lowest BCUT2D eigenvalue weighted by atomic mass is 9.99. The van der Waals surface area contributed by atoms with Crippen molar-refractivity contribution in [3.63, 3.8) is 0 Å². The van der Waals surface area contributed by atoms with Crippen LogP contribution in [0.1, 0.15) is 5.56 Å². The number of benzene rings is 1. The lowest BCUT2D eigenvalue weighted by molar-refractivity contribution is -0.277. The summed E-state index contributed by atoms with van der Waals surface area (Å²) in [4.78, 5) is 11.8. The Bertz CT molecular complexity index is 922. The molecule has 1 aromatic carbocycles. The SMILES string of the molecule is COc1cc(-c2c(C)cc(O)cc2O[C@H]2O[C@@H](CO)[C@@H](O)[C@H](O)[C@H]2O)oc(=O)c1. The highest BCUT2D eigenvalue weighted by molar-refractivity contribution is 5.72. The molecule has 10 nitrogen and oxygen atoms in total. The quantitative estimate of drug-likeness (QED) is 0.435. The van der Waals surface area contributed by atoms with Crippen LogP contribution in [0, 0.1) is 6.92 Å². The number of phenols is 1. The normalized spacial score (nSPS) is 26.9. The number of hydrogen-bond acceptors (Lipinski definition) is 10. The van der Waals surface area contributed by atoms with Gasteiger partial charge in [-0.05, 0) is 18.6 Å². The summed E-state index contributed by atoms with van der Waals surface area (Å²) in [7, 11) is 1.38. The fourth-order valence-corrected chi connectivity index (χ4v) is 3.13. The average Bonchev–Trinajstić information content (AvgIpc) is 2.67. The summed E-state index contributed by atoms with van der Waals surface area (Å²) in [5, 5.41) is 49.4. The standard InChI is InChI=1S/C19H22O10/c1-8-3-9(21)4-11(15(8)12-5-10(26-2)6-14(22)27-12)28-19-18(25)17(24)16(23)13(7-20)29-19/h3-6,13,16-21,23-25H,7H2,1-2H3/t13-,16+,17-,18+,19-/m0/s1. The molecule has 5 N–H and O–H groups in total. The Morgan fingerprint density at radius 1 is 1.07 bits per heavy atom. The Morgan fingerprint density at radius 3 is 2.45 bits per heavy atom. The van der Waals surface area contributed by atoms with Gasteiger partial charge in [0.2, 0.25) is 6.29 Å². The molecular formula is C19H22O10. The lowest BCUT2D eigenvalue weighted by Gasteiger charge is -2.39. The van der Waals surface area contributed by atoms with E-state index < -0.39 is 42.9 Å². The third-order valence-corrected chi connectivity index (χ3v) is 4.60. The molecule has 0 bridgehead atoms. The monoisotopic (exact) mass is 410 g/mol. The van der Waals surface area contributed by atoms with E-state index >= 15 is 0 Å². The van der Waals surface area contributed by atoms with Crippen molar-refractivity contribution < 1.29 is 44.2 Å². The second-order valence-electron chi connectivity index (χ2n) is 6.63. The van der Waals surface area contributed by atoms with Gasteiger partial charge < -0.3 is 44.2 Å². The number of aliphatic hydroxyl groups excluding tert-OH is 4. The first-order chi connectivity index (χ1) is 13.7. The average molecular weight is 410 g/mol. The van der Waals surface area contributed by atoms with Gasteiger partial charge in [0.05, 0.1) is 25.3 Å². The molecule has 29 heavy (non-hydrogen) atoms. The smallest absolute Gasteiger partial charge is 0.339 e. The number of rotatable bonds is 5. The van der Waals surface area contributed by atoms with Gasteiger partial charge in [0.1, 0.15) is 47.4 Å². The molecule has 2 aromatic rings. The first-order valence-corrected chi connectivity index (χ1v) is 8.75. The van der Waals surface area contributed by atoms with Crippen LogP contribution in [0.3, 0.4) is 0 Å². The maximum Gasteiger partial charge on any atom is 0.339 e. The second kappa shape index (κ2) is 8.39. The van der Waals surface area contributed by atoms with Crippen LogP contribution in [-0.2, 0) is 4.74 Å². The molecule has 0 spiro atoms. The molecule has 0 amide bonds. The summed E-state index contributed by atoms with van der Waals surface area (Å²) in [6.07, 6.45) is -7.49. The van der Waals surface area contributed by atoms with Gasteiger partial charge in [-0.1, -0.05) is 0 Å². The fraction of sp³-hybridized carbons (Fsp3) is 0.421. The van der Waals surface area contributed by atoms with Crippen molar-refractivity contribution in [2.24, 2.45) is 0 Å². The molecule has 1 saturated heterocycles. The Balaban J connectivity index is 2.04. The Morgan fingerprint density at radius 2 is 1.79 bits per heavy atom. The lowest BCUT2D eigenvalue weighted by Crippen LogP contribution is -2.60. The van der Waals surface area contributed by atoms with E-state index in [1.807, 2.05) is 0 Å². The van der Waals surface area contributed by atoms with Gasteiger partial charge in [-0.15, -0.1) is 0 Å². The van der Waals surface area contributed by atoms with Gasteiger partial charge in [-0.2, -0.15) is 0 Å². The zero-order chi connectivity index (χ0) is 21.3. The van der Waals surface area contributed by atoms with Gasteiger partial charge in [0, 0.05) is 12.1 Å². The minimum atomic E-state index is -1.65. The summed E-state index contributed by atoms with van der Waals surface area (Å²) in [6.45, 7) is 1.01. The molecule has 3 rings (SSSR count). The summed E-state index contributed by atoms with van der Waals surface area (Å²) in [6, 6.07) is 5.22. The third-order valence-electron chi connectivity index (χ3n) is 4.60. The van der Waals surface area contributed by atoms with Crippen molar-refractivity contribution in [1.29, 1.82) is 0 Å². The van der Waals surface area contributed by atoms with Gasteiger partial charge in [0.25, 0.3) is 0 Å². The van der Waals surface area contributed by atoms with Crippen molar-refractivity contribution in [2.75, 3.05) is 13.7 Å². The van der Waals surface area contributed by atoms with Crippen molar-refractivity contribution in [2.45, 2.75) is 37.6 Å². The Hall–Kier alpha value is -2.63. The highest BCUT2D eigenvalue weighted by Gasteiger charge is 2.45. The molecule has 0 aliphatic carbocycles. The maximum absolute atomic E-state index is 11.8. The minimum Gasteiger partial charge on any atom is -0.508 e. The van der Waals surface area contributed by atoms with Crippen molar-refractivity contribution in [3.05, 3.63) is 40.2 Å². The number of ether oxygens (including phenoxy) is 3. The van der Waals surface area contributed by atoms with E-state index in [9.17, 15) is 30.3 Å². The Labute approximate surface area is 165 Å². The number of aryl methyl sites for hydroxylation is 1. The van der Waals surface area contributed by atoms with Crippen molar-refractivity contribution in [3.8, 4) is 28.6 Å². The summed E-state index contributed by atoms with van der Waals surface area (Å²) < 4.78 is 21.3. The van der Waals surface area contributed by atoms with E-state index in [2.05, 4.69) is 0 Å². The molecule has 5 atom stereocenters. The van der Waals surface area contributed by atoms with Crippen LogP contribution in [0.5, 0.6) is 17.2 Å². The van der Waals surface area contributed by atoms with Crippen molar-refractivity contribution >= 4 is 0 Å². The summed E-state index contributed by atoms with van der Waals surface area (Å²) >= 11 is 0. The van der Waals surface area contributed by atoms with Crippen LogP contribution in [0.25, 0.3) is 11.3 Å². The zero-order valence-corrected chi connectivity index (χ0v) is 15.7. The van der Waals surface area contributed by atoms with Crippen LogP contribution in [-0.4, -0.2) is 70.0 Å². The second-order valence-corrected chi connectivity index (χ2v) is 6.63. The predicted molar refractivity (Wildman–Crippen MR) is 97.8 cm³/mol. The fourth-order valence-electron chi connectivity index (χ4n) is 3.13. The maximum atomic E-state index is 11.8. The molecule has 0 radical (unpaired) electrons.